The molecule has 1 aromatic carbocycles. The van der Waals surface area contributed by atoms with E-state index in [2.05, 4.69) is 0 Å². The first kappa shape index (κ1) is 17.2. The standard InChI is InChI=1S/C18H16FNO4S/c1-11-13-4-3-5-14(19)17(13)24-16(11)18(22)23-9-15(21)20(2)8-12-6-7-25-10-12/h3-7,10H,8-9H2,1-2H3. The van der Waals surface area contributed by atoms with Crippen molar-refractivity contribution >= 4 is 34.2 Å². The van der Waals surface area contributed by atoms with Crippen LogP contribution in [0.25, 0.3) is 11.0 Å². The van der Waals surface area contributed by atoms with Gasteiger partial charge in [0.25, 0.3) is 5.91 Å². The molecule has 3 rings (SSSR count). The van der Waals surface area contributed by atoms with Crippen LogP contribution in [0.2, 0.25) is 0 Å². The van der Waals surface area contributed by atoms with Gasteiger partial charge in [-0.3, -0.25) is 4.79 Å². The lowest BCUT2D eigenvalue weighted by molar-refractivity contribution is -0.133. The fourth-order valence-corrected chi connectivity index (χ4v) is 3.11. The first-order valence-electron chi connectivity index (χ1n) is 7.57. The molecule has 0 saturated carbocycles. The summed E-state index contributed by atoms with van der Waals surface area (Å²) < 4.78 is 24.1. The summed E-state index contributed by atoms with van der Waals surface area (Å²) in [6.45, 7) is 1.68. The van der Waals surface area contributed by atoms with E-state index in [-0.39, 0.29) is 17.3 Å². The van der Waals surface area contributed by atoms with E-state index in [1.165, 1.54) is 17.0 Å². The highest BCUT2D eigenvalue weighted by atomic mass is 32.1. The molecule has 2 heterocycles. The normalized spacial score (nSPS) is 10.8. The Morgan fingerprint density at radius 3 is 2.80 bits per heavy atom. The molecule has 0 atom stereocenters. The Morgan fingerprint density at radius 1 is 1.32 bits per heavy atom. The van der Waals surface area contributed by atoms with Gasteiger partial charge in [-0.15, -0.1) is 0 Å². The van der Waals surface area contributed by atoms with Crippen molar-refractivity contribution in [3.05, 3.63) is 57.7 Å². The number of carbonyl (C=O) groups excluding carboxylic acids is 2. The zero-order valence-corrected chi connectivity index (χ0v) is 14.6. The van der Waals surface area contributed by atoms with Crippen molar-refractivity contribution in [3.8, 4) is 0 Å². The van der Waals surface area contributed by atoms with E-state index in [0.29, 0.717) is 17.5 Å². The number of para-hydroxylation sites is 1. The fourth-order valence-electron chi connectivity index (χ4n) is 2.45. The van der Waals surface area contributed by atoms with E-state index in [1.807, 2.05) is 16.8 Å². The van der Waals surface area contributed by atoms with Gasteiger partial charge in [0, 0.05) is 24.5 Å². The molecule has 25 heavy (non-hydrogen) atoms. The van der Waals surface area contributed by atoms with Crippen LogP contribution in [0.1, 0.15) is 21.7 Å². The highest BCUT2D eigenvalue weighted by Crippen LogP contribution is 2.27. The Bertz CT molecular complexity index is 917. The van der Waals surface area contributed by atoms with Crippen molar-refractivity contribution in [1.82, 2.24) is 4.90 Å². The number of fused-ring (bicyclic) bond motifs is 1. The molecule has 0 bridgehead atoms. The van der Waals surface area contributed by atoms with Gasteiger partial charge in [0.15, 0.2) is 18.0 Å². The van der Waals surface area contributed by atoms with Crippen LogP contribution in [-0.2, 0) is 16.1 Å². The molecule has 5 nitrogen and oxygen atoms in total. The average molecular weight is 361 g/mol. The van der Waals surface area contributed by atoms with Gasteiger partial charge in [-0.05, 0) is 35.4 Å². The van der Waals surface area contributed by atoms with E-state index in [1.54, 1.807) is 31.4 Å². The Balaban J connectivity index is 1.65. The van der Waals surface area contributed by atoms with Gasteiger partial charge in [-0.25, -0.2) is 9.18 Å². The minimum Gasteiger partial charge on any atom is -0.450 e. The zero-order valence-electron chi connectivity index (χ0n) is 13.7. The summed E-state index contributed by atoms with van der Waals surface area (Å²) in [6, 6.07) is 6.38. The Morgan fingerprint density at radius 2 is 2.12 bits per heavy atom. The number of likely N-dealkylation sites (N-methyl/N-ethyl adjacent to an activating group) is 1. The van der Waals surface area contributed by atoms with Crippen LogP contribution in [0, 0.1) is 12.7 Å². The van der Waals surface area contributed by atoms with Gasteiger partial charge < -0.3 is 14.1 Å². The minimum atomic E-state index is -0.787. The Kier molecular flexibility index (Phi) is 4.85. The van der Waals surface area contributed by atoms with Crippen LogP contribution in [0.3, 0.4) is 0 Å². The number of furan rings is 1. The molecule has 7 heteroatoms. The predicted octanol–water partition coefficient (Wildman–Crippen LogP) is 3.76. The number of rotatable bonds is 5. The van der Waals surface area contributed by atoms with E-state index in [9.17, 15) is 14.0 Å². The minimum absolute atomic E-state index is 0.00727. The highest BCUT2D eigenvalue weighted by molar-refractivity contribution is 7.07. The number of hydrogen-bond acceptors (Lipinski definition) is 5. The molecule has 2 aromatic heterocycles. The van der Waals surface area contributed by atoms with Crippen LogP contribution in [0.5, 0.6) is 0 Å². The van der Waals surface area contributed by atoms with Crippen molar-refractivity contribution in [2.24, 2.45) is 0 Å². The summed E-state index contributed by atoms with van der Waals surface area (Å²) >= 11 is 1.55. The summed E-state index contributed by atoms with van der Waals surface area (Å²) in [5.41, 5.74) is 1.50. The van der Waals surface area contributed by atoms with Crippen LogP contribution in [0.4, 0.5) is 4.39 Å². The second-order valence-corrected chi connectivity index (χ2v) is 6.41. The molecule has 0 spiro atoms. The summed E-state index contributed by atoms with van der Waals surface area (Å²) in [5.74, 6) is -1.76. The van der Waals surface area contributed by atoms with E-state index >= 15 is 0 Å². The molecule has 0 N–H and O–H groups in total. The van der Waals surface area contributed by atoms with Crippen molar-refractivity contribution < 1.29 is 23.1 Å². The number of esters is 1. The van der Waals surface area contributed by atoms with Crippen LogP contribution >= 0.6 is 11.3 Å². The van der Waals surface area contributed by atoms with Crippen molar-refractivity contribution in [2.45, 2.75) is 13.5 Å². The third-order valence-corrected chi connectivity index (χ3v) is 4.59. The quantitative estimate of drug-likeness (QED) is 0.649. The third-order valence-electron chi connectivity index (χ3n) is 3.85. The number of thiophene rings is 1. The summed E-state index contributed by atoms with van der Waals surface area (Å²) in [4.78, 5) is 25.7. The number of ether oxygens (including phenoxy) is 1. The smallest absolute Gasteiger partial charge is 0.375 e. The largest absolute Gasteiger partial charge is 0.450 e. The van der Waals surface area contributed by atoms with Crippen LogP contribution in [0.15, 0.2) is 39.4 Å². The molecule has 0 aliphatic rings. The van der Waals surface area contributed by atoms with Gasteiger partial charge in [0.2, 0.25) is 5.76 Å². The molecular weight excluding hydrogens is 345 g/mol. The number of halogens is 1. The Hall–Kier alpha value is -2.67. The topological polar surface area (TPSA) is 59.8 Å². The predicted molar refractivity (Wildman–Crippen MR) is 92.0 cm³/mol. The number of benzene rings is 1. The van der Waals surface area contributed by atoms with Crippen LogP contribution < -0.4 is 0 Å². The first-order chi connectivity index (χ1) is 12.0. The monoisotopic (exact) mass is 361 g/mol. The maximum atomic E-state index is 13.7. The van der Waals surface area contributed by atoms with Gasteiger partial charge in [-0.2, -0.15) is 11.3 Å². The second kappa shape index (κ2) is 7.06. The van der Waals surface area contributed by atoms with Gasteiger partial charge in [0.05, 0.1) is 0 Å². The molecule has 1 amide bonds. The van der Waals surface area contributed by atoms with Crippen molar-refractivity contribution in [2.75, 3.05) is 13.7 Å². The van der Waals surface area contributed by atoms with Crippen molar-refractivity contribution in [1.29, 1.82) is 0 Å². The van der Waals surface area contributed by atoms with E-state index < -0.39 is 18.4 Å². The van der Waals surface area contributed by atoms with E-state index in [0.717, 1.165) is 5.56 Å². The molecule has 0 fully saturated rings. The molecule has 0 saturated heterocycles. The summed E-state index contributed by atoms with van der Waals surface area (Å²) in [6.07, 6.45) is 0. The molecule has 0 unspecified atom stereocenters. The number of nitrogens with zero attached hydrogens (tertiary/aromatic N) is 1. The lowest BCUT2D eigenvalue weighted by Gasteiger charge is -2.16. The van der Waals surface area contributed by atoms with Gasteiger partial charge in [-0.1, -0.05) is 12.1 Å². The highest BCUT2D eigenvalue weighted by Gasteiger charge is 2.22. The molecule has 0 aliphatic carbocycles. The number of hydrogen-bond donors (Lipinski definition) is 0. The maximum absolute atomic E-state index is 13.7. The third kappa shape index (κ3) is 3.56. The molecule has 3 aromatic rings. The molecular formula is C18H16FNO4S. The lowest BCUT2D eigenvalue weighted by atomic mass is 10.1. The number of carbonyl (C=O) groups is 2. The zero-order chi connectivity index (χ0) is 18.0. The summed E-state index contributed by atoms with van der Waals surface area (Å²) in [7, 11) is 1.63. The Labute approximate surface area is 147 Å². The number of aryl methyl sites for hydroxylation is 1. The SMILES string of the molecule is Cc1c(C(=O)OCC(=O)N(C)Cc2ccsc2)oc2c(F)cccc12. The van der Waals surface area contributed by atoms with Crippen molar-refractivity contribution in [3.63, 3.8) is 0 Å². The fraction of sp³-hybridized carbons (Fsp3) is 0.222. The molecule has 0 aliphatic heterocycles. The molecule has 0 radical (unpaired) electrons. The first-order valence-corrected chi connectivity index (χ1v) is 8.51. The average Bonchev–Trinajstić information content (AvgIpc) is 3.21. The number of amides is 1. The van der Waals surface area contributed by atoms with Gasteiger partial charge >= 0.3 is 5.97 Å². The maximum Gasteiger partial charge on any atom is 0.375 e. The summed E-state index contributed by atoms with van der Waals surface area (Å²) in [5, 5.41) is 4.38. The van der Waals surface area contributed by atoms with Crippen LogP contribution in [-0.4, -0.2) is 30.4 Å². The second-order valence-electron chi connectivity index (χ2n) is 5.63. The van der Waals surface area contributed by atoms with Gasteiger partial charge in [0.1, 0.15) is 0 Å². The molecule has 130 valence electrons. The van der Waals surface area contributed by atoms with E-state index in [4.69, 9.17) is 9.15 Å². The lowest BCUT2D eigenvalue weighted by Crippen LogP contribution is -2.30.